The molecular formula is C11H14O4S. The Bertz CT molecular complexity index is 477. The Morgan fingerprint density at radius 3 is 2.50 bits per heavy atom. The largest absolute Gasteiger partial charge is 0.468 e. The molecule has 0 aliphatic carbocycles. The lowest BCUT2D eigenvalue weighted by molar-refractivity contribution is -0.137. The first-order valence-electron chi connectivity index (χ1n) is 4.76. The van der Waals surface area contributed by atoms with Gasteiger partial charge < -0.3 is 4.74 Å². The summed E-state index contributed by atoms with van der Waals surface area (Å²) in [6, 6.07) is 7.19. The van der Waals surface area contributed by atoms with Crippen LogP contribution in [0.25, 0.3) is 0 Å². The molecule has 5 heteroatoms. The quantitative estimate of drug-likeness (QED) is 0.741. The number of methoxy groups -OCH3 is 1. The van der Waals surface area contributed by atoms with Gasteiger partial charge in [0.15, 0.2) is 9.84 Å². The van der Waals surface area contributed by atoms with Gasteiger partial charge >= 0.3 is 5.97 Å². The van der Waals surface area contributed by atoms with Crippen molar-refractivity contribution in [1.29, 1.82) is 0 Å². The Morgan fingerprint density at radius 2 is 1.94 bits per heavy atom. The average Bonchev–Trinajstić information content (AvgIpc) is 2.20. The summed E-state index contributed by atoms with van der Waals surface area (Å²) < 4.78 is 27.6. The molecule has 0 aromatic heterocycles. The molecule has 0 radical (unpaired) electrons. The predicted molar refractivity (Wildman–Crippen MR) is 60.7 cm³/mol. The third-order valence-corrected chi connectivity index (χ3v) is 3.63. The molecule has 1 aromatic carbocycles. The molecule has 1 aromatic rings. The van der Waals surface area contributed by atoms with Crippen LogP contribution < -0.4 is 0 Å². The summed E-state index contributed by atoms with van der Waals surface area (Å²) in [5.41, 5.74) is 1.61. The molecule has 0 saturated carbocycles. The van der Waals surface area contributed by atoms with Crippen molar-refractivity contribution >= 4 is 15.8 Å². The Morgan fingerprint density at radius 1 is 1.31 bits per heavy atom. The number of ether oxygens (including phenoxy) is 1. The number of esters is 1. The van der Waals surface area contributed by atoms with Crippen molar-refractivity contribution in [3.05, 3.63) is 35.4 Å². The van der Waals surface area contributed by atoms with E-state index >= 15 is 0 Å². The molecule has 16 heavy (non-hydrogen) atoms. The zero-order chi connectivity index (χ0) is 12.2. The molecule has 0 saturated heterocycles. The fraction of sp³-hybridized carbons (Fsp3) is 0.364. The molecule has 0 N–H and O–H groups in total. The van der Waals surface area contributed by atoms with E-state index in [0.717, 1.165) is 5.56 Å². The number of hydrogen-bond donors (Lipinski definition) is 0. The van der Waals surface area contributed by atoms with Crippen molar-refractivity contribution < 1.29 is 17.9 Å². The summed E-state index contributed by atoms with van der Waals surface area (Å²) in [5.74, 6) is -1.43. The van der Waals surface area contributed by atoms with Crippen LogP contribution in [0.2, 0.25) is 0 Å². The molecule has 0 spiro atoms. The monoisotopic (exact) mass is 242 g/mol. The first-order valence-corrected chi connectivity index (χ1v) is 6.58. The topological polar surface area (TPSA) is 60.4 Å². The first-order chi connectivity index (χ1) is 7.44. The highest BCUT2D eigenvalue weighted by atomic mass is 32.2. The highest BCUT2D eigenvalue weighted by molar-refractivity contribution is 7.91. The van der Waals surface area contributed by atoms with Crippen LogP contribution in [0.5, 0.6) is 0 Å². The minimum Gasteiger partial charge on any atom is -0.468 e. The lowest BCUT2D eigenvalue weighted by Crippen LogP contribution is -2.19. The van der Waals surface area contributed by atoms with Crippen LogP contribution >= 0.6 is 0 Å². The van der Waals surface area contributed by atoms with Gasteiger partial charge in [0.1, 0.15) is 5.75 Å². The van der Waals surface area contributed by atoms with Gasteiger partial charge in [-0.05, 0) is 18.1 Å². The maximum absolute atomic E-state index is 11.6. The SMILES string of the molecule is COC(=O)CS(=O)(=O)Cc1ccccc1C. The van der Waals surface area contributed by atoms with Crippen molar-refractivity contribution in [1.82, 2.24) is 0 Å². The second-order valence-corrected chi connectivity index (χ2v) is 5.60. The van der Waals surface area contributed by atoms with Crippen molar-refractivity contribution in [3.8, 4) is 0 Å². The van der Waals surface area contributed by atoms with E-state index in [-0.39, 0.29) is 5.75 Å². The number of benzene rings is 1. The van der Waals surface area contributed by atoms with E-state index in [0.29, 0.717) is 5.56 Å². The van der Waals surface area contributed by atoms with E-state index in [4.69, 9.17) is 0 Å². The van der Waals surface area contributed by atoms with Crippen LogP contribution in [0.15, 0.2) is 24.3 Å². The molecule has 0 unspecified atom stereocenters. The highest BCUT2D eigenvalue weighted by Gasteiger charge is 2.18. The first kappa shape index (κ1) is 12.7. The third-order valence-electron chi connectivity index (χ3n) is 2.20. The molecule has 4 nitrogen and oxygen atoms in total. The highest BCUT2D eigenvalue weighted by Crippen LogP contribution is 2.11. The molecule has 0 heterocycles. The van der Waals surface area contributed by atoms with E-state index < -0.39 is 21.6 Å². The Labute approximate surface area is 95.2 Å². The van der Waals surface area contributed by atoms with E-state index in [1.54, 1.807) is 12.1 Å². The van der Waals surface area contributed by atoms with E-state index in [1.165, 1.54) is 7.11 Å². The van der Waals surface area contributed by atoms with Gasteiger partial charge in [-0.25, -0.2) is 8.42 Å². The van der Waals surface area contributed by atoms with Gasteiger partial charge in [0.05, 0.1) is 12.9 Å². The number of rotatable bonds is 4. The van der Waals surface area contributed by atoms with Crippen LogP contribution in [-0.2, 0) is 25.1 Å². The van der Waals surface area contributed by atoms with Crippen molar-refractivity contribution in [2.24, 2.45) is 0 Å². The normalized spacial score (nSPS) is 11.1. The fourth-order valence-electron chi connectivity index (χ4n) is 1.30. The molecule has 0 atom stereocenters. The van der Waals surface area contributed by atoms with Gasteiger partial charge in [-0.2, -0.15) is 0 Å². The van der Waals surface area contributed by atoms with Crippen molar-refractivity contribution in [3.63, 3.8) is 0 Å². The number of carbonyl (C=O) groups excluding carboxylic acids is 1. The lowest BCUT2D eigenvalue weighted by Gasteiger charge is -2.06. The summed E-state index contributed by atoms with van der Waals surface area (Å²) in [7, 11) is -2.27. The number of aryl methyl sites for hydroxylation is 1. The number of hydrogen-bond acceptors (Lipinski definition) is 4. The van der Waals surface area contributed by atoms with E-state index in [1.807, 2.05) is 19.1 Å². The summed E-state index contributed by atoms with van der Waals surface area (Å²) >= 11 is 0. The van der Waals surface area contributed by atoms with Crippen molar-refractivity contribution in [2.45, 2.75) is 12.7 Å². The maximum atomic E-state index is 11.6. The minimum absolute atomic E-state index is 0.130. The number of carbonyl (C=O) groups is 1. The molecule has 0 aliphatic rings. The van der Waals surface area contributed by atoms with Crippen LogP contribution in [-0.4, -0.2) is 27.2 Å². The van der Waals surface area contributed by atoms with Gasteiger partial charge in [0, 0.05) is 0 Å². The zero-order valence-corrected chi connectivity index (χ0v) is 10.1. The third kappa shape index (κ3) is 3.66. The summed E-state index contributed by atoms with van der Waals surface area (Å²) in [5, 5.41) is 0. The molecule has 0 bridgehead atoms. The summed E-state index contributed by atoms with van der Waals surface area (Å²) in [6.07, 6.45) is 0. The van der Waals surface area contributed by atoms with E-state index in [9.17, 15) is 13.2 Å². The summed E-state index contributed by atoms with van der Waals surface area (Å²) in [6.45, 7) is 1.84. The smallest absolute Gasteiger partial charge is 0.320 e. The zero-order valence-electron chi connectivity index (χ0n) is 9.26. The molecular weight excluding hydrogens is 228 g/mol. The second kappa shape index (κ2) is 5.12. The molecule has 88 valence electrons. The minimum atomic E-state index is -3.44. The number of sulfone groups is 1. The second-order valence-electron chi connectivity index (χ2n) is 3.53. The lowest BCUT2D eigenvalue weighted by atomic mass is 10.1. The summed E-state index contributed by atoms with van der Waals surface area (Å²) in [4.78, 5) is 10.9. The molecule has 1 rings (SSSR count). The molecule has 0 aliphatic heterocycles. The van der Waals surface area contributed by atoms with E-state index in [2.05, 4.69) is 4.74 Å². The van der Waals surface area contributed by atoms with Gasteiger partial charge in [-0.1, -0.05) is 24.3 Å². The average molecular weight is 242 g/mol. The van der Waals surface area contributed by atoms with Crippen LogP contribution in [0.3, 0.4) is 0 Å². The Hall–Kier alpha value is -1.36. The van der Waals surface area contributed by atoms with Gasteiger partial charge in [0.2, 0.25) is 0 Å². The van der Waals surface area contributed by atoms with Gasteiger partial charge in [0.25, 0.3) is 0 Å². The standard InChI is InChI=1S/C11H14O4S/c1-9-5-3-4-6-10(9)7-16(13,14)8-11(12)15-2/h3-6H,7-8H2,1-2H3. The fourth-order valence-corrected chi connectivity index (χ4v) is 2.68. The maximum Gasteiger partial charge on any atom is 0.320 e. The van der Waals surface area contributed by atoms with Crippen LogP contribution in [0.1, 0.15) is 11.1 Å². The molecule has 0 amide bonds. The van der Waals surface area contributed by atoms with Crippen molar-refractivity contribution in [2.75, 3.05) is 12.9 Å². The Kier molecular flexibility index (Phi) is 4.06. The van der Waals surface area contributed by atoms with Crippen LogP contribution in [0.4, 0.5) is 0 Å². The molecule has 0 fully saturated rings. The van der Waals surface area contributed by atoms with Crippen LogP contribution in [0, 0.1) is 6.92 Å². The predicted octanol–water partition coefficient (Wildman–Crippen LogP) is 1.08. The van der Waals surface area contributed by atoms with Gasteiger partial charge in [-0.15, -0.1) is 0 Å². The van der Waals surface area contributed by atoms with Gasteiger partial charge in [-0.3, -0.25) is 4.79 Å². The Balaban J connectivity index is 2.81.